The normalized spacial score (nSPS) is 20.0. The lowest BCUT2D eigenvalue weighted by Crippen LogP contribution is -2.71. The van der Waals surface area contributed by atoms with Gasteiger partial charge in [-0.1, -0.05) is 16.5 Å². The number of carboxylic acids is 1. The van der Waals surface area contributed by atoms with Gasteiger partial charge in [-0.15, -0.1) is 11.8 Å². The van der Waals surface area contributed by atoms with Crippen molar-refractivity contribution in [3.05, 3.63) is 52.8 Å². The molecule has 3 aromatic rings. The number of aromatic nitrogens is 3. The summed E-state index contributed by atoms with van der Waals surface area (Å²) in [5.74, 6) is -2.17. The molecular formula is C21H19N7O5S2. The average Bonchev–Trinajstić information content (AvgIpc) is 3.49. The maximum absolute atomic E-state index is 13.0. The molecule has 1 fully saturated rings. The van der Waals surface area contributed by atoms with Gasteiger partial charge in [0.2, 0.25) is 0 Å². The number of carboxylic acid groups (broad SMARTS) is 1. The zero-order valence-corrected chi connectivity index (χ0v) is 19.9. The van der Waals surface area contributed by atoms with Crippen molar-refractivity contribution >= 4 is 62.6 Å². The molecule has 12 nitrogen and oxygen atoms in total. The smallest absolute Gasteiger partial charge is 0.276 e. The van der Waals surface area contributed by atoms with E-state index in [1.807, 2.05) is 34.3 Å². The number of nitrogens with two attached hydrogens (primary N) is 1. The minimum absolute atomic E-state index is 0.151. The van der Waals surface area contributed by atoms with Crippen molar-refractivity contribution in [2.45, 2.75) is 18.0 Å². The van der Waals surface area contributed by atoms with E-state index in [1.54, 1.807) is 11.3 Å². The summed E-state index contributed by atoms with van der Waals surface area (Å²) in [7, 11) is 1.27. The van der Waals surface area contributed by atoms with Crippen LogP contribution in [0.5, 0.6) is 0 Å². The Morgan fingerprint density at radius 3 is 3.00 bits per heavy atom. The second kappa shape index (κ2) is 9.03. The van der Waals surface area contributed by atoms with Crippen molar-refractivity contribution in [1.82, 2.24) is 20.4 Å². The van der Waals surface area contributed by atoms with Crippen molar-refractivity contribution < 1.29 is 28.9 Å². The molecule has 0 spiro atoms. The molecule has 4 N–H and O–H groups in total. The number of carbonyl (C=O) groups excluding carboxylic acids is 3. The van der Waals surface area contributed by atoms with Gasteiger partial charge in [-0.2, -0.15) is 9.67 Å². The summed E-state index contributed by atoms with van der Waals surface area (Å²) in [4.78, 5) is 44.9. The highest BCUT2D eigenvalue weighted by molar-refractivity contribution is 8.00. The zero-order valence-electron chi connectivity index (χ0n) is 18.3. The van der Waals surface area contributed by atoms with Gasteiger partial charge in [0, 0.05) is 23.5 Å². The molecule has 35 heavy (non-hydrogen) atoms. The van der Waals surface area contributed by atoms with Gasteiger partial charge in [0.15, 0.2) is 18.5 Å². The number of nitrogens with one attached hydrogen (secondary N) is 2. The third-order valence-electron chi connectivity index (χ3n) is 5.62. The highest BCUT2D eigenvalue weighted by Gasteiger charge is 2.53. The number of anilines is 1. The molecule has 2 unspecified atom stereocenters. The molecule has 14 heteroatoms. The molecule has 180 valence electrons. The standard InChI is InChI=1S/C21H19N7O5S2/c1-33-26-14(12-7-13(22)25-24-12)17(29)23-15-18(30)28-16(21(31)32)11(9-35-20(15)28)8-27-5-2-3-10-4-6-34-19(10)27/h2-7,15,20H,8-9H2,1H3,(H4-,22,23,24,25,26,29,31,32). The number of amides is 2. The van der Waals surface area contributed by atoms with Crippen LogP contribution in [0.2, 0.25) is 0 Å². The van der Waals surface area contributed by atoms with Crippen LogP contribution in [0, 0.1) is 0 Å². The number of thiophene rings is 1. The molecule has 2 aliphatic heterocycles. The van der Waals surface area contributed by atoms with Crippen molar-refractivity contribution in [2.24, 2.45) is 5.16 Å². The minimum Gasteiger partial charge on any atom is -0.543 e. The Balaban J connectivity index is 1.38. The zero-order chi connectivity index (χ0) is 24.7. The lowest BCUT2D eigenvalue weighted by Gasteiger charge is -2.50. The Morgan fingerprint density at radius 2 is 2.29 bits per heavy atom. The van der Waals surface area contributed by atoms with Crippen LogP contribution in [0.1, 0.15) is 5.69 Å². The largest absolute Gasteiger partial charge is 0.543 e. The number of nitrogen functional groups attached to an aromatic ring is 1. The number of thioether (sulfide) groups is 1. The van der Waals surface area contributed by atoms with E-state index in [0.29, 0.717) is 17.9 Å². The van der Waals surface area contributed by atoms with Gasteiger partial charge in [-0.25, -0.2) is 0 Å². The molecule has 5 heterocycles. The van der Waals surface area contributed by atoms with Crippen LogP contribution >= 0.6 is 23.1 Å². The molecule has 3 aromatic heterocycles. The third kappa shape index (κ3) is 4.00. The van der Waals surface area contributed by atoms with Crippen LogP contribution in [0.15, 0.2) is 52.3 Å². The minimum atomic E-state index is -1.43. The van der Waals surface area contributed by atoms with Crippen LogP contribution in [-0.4, -0.2) is 62.9 Å². The van der Waals surface area contributed by atoms with E-state index in [-0.39, 0.29) is 22.9 Å². The number of aromatic amines is 1. The SMILES string of the molecule is CO/N=C(/C(=O)NC1C(=O)N2C(C(=O)[O-])=C(C[n+]3cccc4ccsc43)CSC12)c1cc(N)n[nH]1. The van der Waals surface area contributed by atoms with Crippen LogP contribution in [0.25, 0.3) is 10.2 Å². The topological polar surface area (TPSA) is 170 Å². The first-order chi connectivity index (χ1) is 16.9. The number of β-lactam (4-membered cyclic amide) rings is 1. The van der Waals surface area contributed by atoms with Gasteiger partial charge < -0.3 is 25.8 Å². The maximum atomic E-state index is 13.0. The van der Waals surface area contributed by atoms with Gasteiger partial charge in [0.1, 0.15) is 24.3 Å². The second-order valence-electron chi connectivity index (χ2n) is 7.75. The number of H-pyrrole nitrogens is 1. The predicted octanol–water partition coefficient (Wildman–Crippen LogP) is -1.05. The molecule has 2 amide bonds. The van der Waals surface area contributed by atoms with E-state index in [2.05, 4.69) is 20.7 Å². The molecule has 2 atom stereocenters. The summed E-state index contributed by atoms with van der Waals surface area (Å²) in [6, 6.07) is 6.31. The van der Waals surface area contributed by atoms with Crippen LogP contribution < -0.4 is 20.7 Å². The molecule has 0 bridgehead atoms. The van der Waals surface area contributed by atoms with Crippen molar-refractivity contribution in [3.8, 4) is 0 Å². The van der Waals surface area contributed by atoms with Crippen LogP contribution in [0.3, 0.4) is 0 Å². The Hall–Kier alpha value is -3.91. The van der Waals surface area contributed by atoms with Crippen LogP contribution in [-0.2, 0) is 25.8 Å². The quantitative estimate of drug-likeness (QED) is 0.156. The number of hydrogen-bond donors (Lipinski definition) is 3. The van der Waals surface area contributed by atoms with E-state index >= 15 is 0 Å². The summed E-state index contributed by atoms with van der Waals surface area (Å²) < 4.78 is 1.95. The fourth-order valence-electron chi connectivity index (χ4n) is 4.09. The number of pyridine rings is 1. The van der Waals surface area contributed by atoms with E-state index < -0.39 is 29.2 Å². The highest BCUT2D eigenvalue weighted by Crippen LogP contribution is 2.40. The van der Waals surface area contributed by atoms with Gasteiger partial charge in [-0.05, 0) is 17.5 Å². The predicted molar refractivity (Wildman–Crippen MR) is 126 cm³/mol. The summed E-state index contributed by atoms with van der Waals surface area (Å²) in [5, 5.41) is 27.1. The first-order valence-corrected chi connectivity index (χ1v) is 12.3. The van der Waals surface area contributed by atoms with Gasteiger partial charge in [0.05, 0.1) is 22.7 Å². The number of oxime groups is 1. The summed E-state index contributed by atoms with van der Waals surface area (Å²) in [6.07, 6.45) is 1.87. The van der Waals surface area contributed by atoms with E-state index in [0.717, 1.165) is 10.2 Å². The van der Waals surface area contributed by atoms with E-state index in [1.165, 1.54) is 29.8 Å². The molecule has 0 aliphatic carbocycles. The number of rotatable bonds is 7. The Labute approximate surface area is 206 Å². The lowest BCUT2D eigenvalue weighted by atomic mass is 10.0. The Morgan fingerprint density at radius 1 is 1.46 bits per heavy atom. The van der Waals surface area contributed by atoms with Crippen molar-refractivity contribution in [2.75, 3.05) is 18.6 Å². The molecular weight excluding hydrogens is 494 g/mol. The third-order valence-corrected chi connectivity index (χ3v) is 7.92. The first kappa shape index (κ1) is 22.9. The van der Waals surface area contributed by atoms with Gasteiger partial charge >= 0.3 is 0 Å². The fourth-order valence-corrected chi connectivity index (χ4v) is 6.30. The monoisotopic (exact) mass is 513 g/mol. The van der Waals surface area contributed by atoms with Crippen molar-refractivity contribution in [3.63, 3.8) is 0 Å². The maximum Gasteiger partial charge on any atom is 0.276 e. The second-order valence-corrected chi connectivity index (χ2v) is 9.75. The Kier molecular flexibility index (Phi) is 5.90. The molecule has 2 aliphatic rings. The molecule has 5 rings (SSSR count). The number of fused-ring (bicyclic) bond motifs is 2. The molecule has 0 radical (unpaired) electrons. The first-order valence-electron chi connectivity index (χ1n) is 10.4. The lowest BCUT2D eigenvalue weighted by molar-refractivity contribution is -0.661. The molecule has 0 saturated carbocycles. The van der Waals surface area contributed by atoms with Gasteiger partial charge in [-0.3, -0.25) is 19.6 Å². The van der Waals surface area contributed by atoms with Crippen molar-refractivity contribution in [1.29, 1.82) is 0 Å². The summed E-state index contributed by atoms with van der Waals surface area (Å²) in [5.41, 5.74) is 6.06. The number of hydrogen-bond acceptors (Lipinski definition) is 10. The number of nitrogens with zero attached hydrogens (tertiary/aromatic N) is 4. The number of carbonyl (C=O) groups is 3. The Bertz CT molecular complexity index is 1410. The molecule has 1 saturated heterocycles. The summed E-state index contributed by atoms with van der Waals surface area (Å²) in [6.45, 7) is 0.299. The van der Waals surface area contributed by atoms with Crippen LogP contribution in [0.4, 0.5) is 5.82 Å². The highest BCUT2D eigenvalue weighted by atomic mass is 32.2. The van der Waals surface area contributed by atoms with Gasteiger partial charge in [0.25, 0.3) is 16.6 Å². The van der Waals surface area contributed by atoms with E-state index in [4.69, 9.17) is 10.6 Å². The van der Waals surface area contributed by atoms with E-state index in [9.17, 15) is 19.5 Å². The molecule has 0 aromatic carbocycles. The number of aliphatic carboxylic acids is 1. The summed E-state index contributed by atoms with van der Waals surface area (Å²) >= 11 is 2.92. The fraction of sp³-hybridized carbons (Fsp3) is 0.238. The average molecular weight is 514 g/mol.